The average molecular weight is 378 g/mol. The lowest BCUT2D eigenvalue weighted by Gasteiger charge is -2.26. The molecule has 0 unspecified atom stereocenters. The van der Waals surface area contributed by atoms with E-state index in [1.807, 2.05) is 41.5 Å². The van der Waals surface area contributed by atoms with Gasteiger partial charge in [0.1, 0.15) is 5.60 Å². The first-order chi connectivity index (χ1) is 12.5. The van der Waals surface area contributed by atoms with Gasteiger partial charge in [-0.3, -0.25) is 0 Å². The van der Waals surface area contributed by atoms with Crippen molar-refractivity contribution in [3.8, 4) is 0 Å². The molecule has 27 heavy (non-hydrogen) atoms. The predicted molar refractivity (Wildman–Crippen MR) is 100 cm³/mol. The highest BCUT2D eigenvalue weighted by Crippen LogP contribution is 2.26. The van der Waals surface area contributed by atoms with Crippen LogP contribution in [-0.2, 0) is 4.74 Å². The Morgan fingerprint density at radius 2 is 2.07 bits per heavy atom. The van der Waals surface area contributed by atoms with E-state index in [-0.39, 0.29) is 24.2 Å². The minimum absolute atomic E-state index is 0.00717. The van der Waals surface area contributed by atoms with Gasteiger partial charge in [-0.2, -0.15) is 14.4 Å². The van der Waals surface area contributed by atoms with Crippen LogP contribution in [0.1, 0.15) is 54.0 Å². The van der Waals surface area contributed by atoms with Gasteiger partial charge in [-0.1, -0.05) is 0 Å². The summed E-state index contributed by atoms with van der Waals surface area (Å²) in [6, 6.07) is 0.0354. The first-order valence-corrected chi connectivity index (χ1v) is 9.21. The third kappa shape index (κ3) is 4.12. The van der Waals surface area contributed by atoms with Gasteiger partial charge >= 0.3 is 12.2 Å². The molecule has 0 aliphatic carbocycles. The number of hydrogen-bond acceptors (Lipinski definition) is 6. The number of ether oxygens (including phenoxy) is 1. The number of hydrogen-bond donors (Lipinski definition) is 1. The van der Waals surface area contributed by atoms with E-state index in [1.165, 1.54) is 0 Å². The largest absolute Gasteiger partial charge is 0.444 e. The summed E-state index contributed by atoms with van der Waals surface area (Å²) in [4.78, 5) is 26.2. The predicted octanol–water partition coefficient (Wildman–Crippen LogP) is 3.36. The SMILES string of the molecule is CC(C)n1cnc2c(N[C@H]3C[C@@H](C)N(C(=O)OC(C)(C)C)C3)nc(F)nc21. The summed E-state index contributed by atoms with van der Waals surface area (Å²) in [6.45, 7) is 11.9. The number of anilines is 1. The molecule has 0 saturated carbocycles. The Hall–Kier alpha value is -2.45. The lowest BCUT2D eigenvalue weighted by Crippen LogP contribution is -2.39. The van der Waals surface area contributed by atoms with E-state index in [4.69, 9.17) is 4.74 Å². The number of nitrogens with zero attached hydrogens (tertiary/aromatic N) is 5. The molecule has 2 atom stereocenters. The smallest absolute Gasteiger partial charge is 0.410 e. The number of carbonyl (C=O) groups is 1. The summed E-state index contributed by atoms with van der Waals surface area (Å²) in [5.41, 5.74) is 0.428. The van der Waals surface area contributed by atoms with Crippen LogP contribution < -0.4 is 5.32 Å². The zero-order valence-corrected chi connectivity index (χ0v) is 16.7. The number of halogens is 1. The van der Waals surface area contributed by atoms with Crippen molar-refractivity contribution in [2.24, 2.45) is 0 Å². The molecule has 8 nitrogen and oxygen atoms in total. The van der Waals surface area contributed by atoms with Gasteiger partial charge in [-0.05, 0) is 48.0 Å². The topological polar surface area (TPSA) is 85.2 Å². The molecule has 1 saturated heterocycles. The summed E-state index contributed by atoms with van der Waals surface area (Å²) in [5.74, 6) is 0.347. The Morgan fingerprint density at radius 1 is 1.37 bits per heavy atom. The van der Waals surface area contributed by atoms with Crippen molar-refractivity contribution in [3.63, 3.8) is 0 Å². The van der Waals surface area contributed by atoms with E-state index >= 15 is 0 Å². The number of carbonyl (C=O) groups excluding carboxylic acids is 1. The van der Waals surface area contributed by atoms with Gasteiger partial charge < -0.3 is 19.5 Å². The molecule has 1 amide bonds. The standard InChI is InChI=1S/C18H27FN6O2/c1-10(2)25-9-20-13-14(22-16(19)23-15(13)25)21-12-7-11(3)24(8-12)17(26)27-18(4,5)6/h9-12H,7-8H2,1-6H3,(H,21,22,23)/t11-,12+/m1/s1. The van der Waals surface area contributed by atoms with Crippen LogP contribution in [0, 0.1) is 6.08 Å². The minimum Gasteiger partial charge on any atom is -0.444 e. The fourth-order valence-corrected chi connectivity index (χ4v) is 3.27. The Labute approximate surface area is 158 Å². The van der Waals surface area contributed by atoms with Gasteiger partial charge in [0, 0.05) is 24.7 Å². The van der Waals surface area contributed by atoms with Crippen molar-refractivity contribution in [3.05, 3.63) is 12.4 Å². The van der Waals surface area contributed by atoms with Crippen LogP contribution in [0.2, 0.25) is 0 Å². The Bertz CT molecular complexity index is 844. The van der Waals surface area contributed by atoms with Crippen LogP contribution in [0.5, 0.6) is 0 Å². The highest BCUT2D eigenvalue weighted by Gasteiger charge is 2.35. The number of imidazole rings is 1. The van der Waals surface area contributed by atoms with Gasteiger partial charge in [0.15, 0.2) is 17.0 Å². The van der Waals surface area contributed by atoms with E-state index < -0.39 is 11.7 Å². The van der Waals surface area contributed by atoms with Crippen molar-refractivity contribution >= 4 is 23.1 Å². The molecule has 2 aromatic rings. The maximum absolute atomic E-state index is 14.0. The fraction of sp³-hybridized carbons (Fsp3) is 0.667. The highest BCUT2D eigenvalue weighted by molar-refractivity contribution is 5.83. The normalized spacial score (nSPS) is 20.5. The van der Waals surface area contributed by atoms with Crippen molar-refractivity contribution in [2.75, 3.05) is 11.9 Å². The summed E-state index contributed by atoms with van der Waals surface area (Å²) in [7, 11) is 0. The Kier molecular flexibility index (Phi) is 4.96. The Balaban J connectivity index is 1.79. The quantitative estimate of drug-likeness (QED) is 0.825. The molecule has 1 aliphatic rings. The summed E-state index contributed by atoms with van der Waals surface area (Å²) >= 11 is 0. The van der Waals surface area contributed by atoms with Crippen LogP contribution >= 0.6 is 0 Å². The molecular formula is C18H27FN6O2. The van der Waals surface area contributed by atoms with Gasteiger partial charge in [-0.15, -0.1) is 0 Å². The first-order valence-electron chi connectivity index (χ1n) is 9.21. The molecule has 0 bridgehead atoms. The van der Waals surface area contributed by atoms with Gasteiger partial charge in [0.25, 0.3) is 0 Å². The first kappa shape index (κ1) is 19.3. The molecule has 3 rings (SSSR count). The molecule has 9 heteroatoms. The Morgan fingerprint density at radius 3 is 2.70 bits per heavy atom. The molecule has 0 radical (unpaired) electrons. The fourth-order valence-electron chi connectivity index (χ4n) is 3.27. The number of fused-ring (bicyclic) bond motifs is 1. The molecule has 1 fully saturated rings. The minimum atomic E-state index is -0.803. The second-order valence-electron chi connectivity index (χ2n) is 8.32. The van der Waals surface area contributed by atoms with Crippen LogP contribution in [0.3, 0.4) is 0 Å². The van der Waals surface area contributed by atoms with E-state index in [0.717, 1.165) is 0 Å². The molecule has 0 spiro atoms. The van der Waals surface area contributed by atoms with Crippen LogP contribution in [0.25, 0.3) is 11.2 Å². The summed E-state index contributed by atoms with van der Waals surface area (Å²) < 4.78 is 21.2. The number of rotatable bonds is 3. The number of nitrogens with one attached hydrogen (secondary N) is 1. The molecular weight excluding hydrogens is 351 g/mol. The number of amides is 1. The van der Waals surface area contributed by atoms with Crippen molar-refractivity contribution < 1.29 is 13.9 Å². The summed E-state index contributed by atoms with van der Waals surface area (Å²) in [6.07, 6.45) is 1.20. The number of likely N-dealkylation sites (tertiary alicyclic amines) is 1. The van der Waals surface area contributed by atoms with Crippen LogP contribution in [-0.4, -0.2) is 54.7 Å². The van der Waals surface area contributed by atoms with Gasteiger partial charge in [-0.25, -0.2) is 9.78 Å². The molecule has 1 N–H and O–H groups in total. The van der Waals surface area contributed by atoms with Crippen LogP contribution in [0.15, 0.2) is 6.33 Å². The maximum Gasteiger partial charge on any atom is 0.410 e. The lowest BCUT2D eigenvalue weighted by atomic mass is 10.2. The van der Waals surface area contributed by atoms with Gasteiger partial charge in [0.2, 0.25) is 0 Å². The maximum atomic E-state index is 14.0. The van der Waals surface area contributed by atoms with Crippen molar-refractivity contribution in [2.45, 2.75) is 71.7 Å². The second kappa shape index (κ2) is 6.94. The van der Waals surface area contributed by atoms with Crippen LogP contribution in [0.4, 0.5) is 15.0 Å². The van der Waals surface area contributed by atoms with E-state index in [1.54, 1.807) is 15.8 Å². The molecule has 2 aromatic heterocycles. The van der Waals surface area contributed by atoms with E-state index in [2.05, 4.69) is 20.3 Å². The van der Waals surface area contributed by atoms with E-state index in [9.17, 15) is 9.18 Å². The van der Waals surface area contributed by atoms with Gasteiger partial charge in [0.05, 0.1) is 6.33 Å². The zero-order valence-electron chi connectivity index (χ0n) is 16.7. The molecule has 3 heterocycles. The number of aromatic nitrogens is 4. The average Bonchev–Trinajstić information content (AvgIpc) is 3.09. The second-order valence-corrected chi connectivity index (χ2v) is 8.32. The van der Waals surface area contributed by atoms with Crippen molar-refractivity contribution in [1.29, 1.82) is 0 Å². The summed E-state index contributed by atoms with van der Waals surface area (Å²) in [5, 5.41) is 3.24. The third-order valence-electron chi connectivity index (χ3n) is 4.49. The highest BCUT2D eigenvalue weighted by atomic mass is 19.1. The zero-order chi connectivity index (χ0) is 19.9. The van der Waals surface area contributed by atoms with E-state index in [0.29, 0.717) is 29.9 Å². The lowest BCUT2D eigenvalue weighted by molar-refractivity contribution is 0.0238. The molecule has 148 valence electrons. The molecule has 1 aliphatic heterocycles. The monoisotopic (exact) mass is 378 g/mol. The van der Waals surface area contributed by atoms with Crippen molar-refractivity contribution in [1.82, 2.24) is 24.4 Å². The molecule has 0 aromatic carbocycles. The third-order valence-corrected chi connectivity index (χ3v) is 4.49.